The Morgan fingerprint density at radius 2 is 2.44 bits per heavy atom. The Labute approximate surface area is 97.5 Å². The zero-order chi connectivity index (χ0) is 11.2. The van der Waals surface area contributed by atoms with E-state index >= 15 is 0 Å². The molecule has 0 aromatic carbocycles. The van der Waals surface area contributed by atoms with E-state index in [0.717, 1.165) is 19.5 Å². The van der Waals surface area contributed by atoms with Crippen molar-refractivity contribution in [3.8, 4) is 0 Å². The second-order valence-electron chi connectivity index (χ2n) is 4.47. The van der Waals surface area contributed by atoms with Gasteiger partial charge in [0.15, 0.2) is 0 Å². The monoisotopic (exact) mass is 219 g/mol. The van der Waals surface area contributed by atoms with Gasteiger partial charge in [-0.1, -0.05) is 19.1 Å². The molecule has 16 heavy (non-hydrogen) atoms. The average molecular weight is 219 g/mol. The van der Waals surface area contributed by atoms with Gasteiger partial charge in [0.2, 0.25) is 0 Å². The molecule has 88 valence electrons. The highest BCUT2D eigenvalue weighted by Gasteiger charge is 2.09. The van der Waals surface area contributed by atoms with Crippen LogP contribution < -0.4 is 5.32 Å². The molecule has 1 unspecified atom stereocenters. The van der Waals surface area contributed by atoms with Crippen molar-refractivity contribution in [2.24, 2.45) is 0 Å². The summed E-state index contributed by atoms with van der Waals surface area (Å²) in [4.78, 5) is 0. The van der Waals surface area contributed by atoms with Crippen molar-refractivity contribution in [3.63, 3.8) is 0 Å². The van der Waals surface area contributed by atoms with E-state index in [-0.39, 0.29) is 0 Å². The second-order valence-corrected chi connectivity index (χ2v) is 4.47. The lowest BCUT2D eigenvalue weighted by Gasteiger charge is -2.18. The predicted molar refractivity (Wildman–Crippen MR) is 66.1 cm³/mol. The average Bonchev–Trinajstić information content (AvgIpc) is 2.76. The molecule has 0 spiro atoms. The van der Waals surface area contributed by atoms with E-state index in [1.54, 1.807) is 0 Å². The summed E-state index contributed by atoms with van der Waals surface area (Å²) in [6, 6.07) is 0.652. The molecule has 1 N–H and O–H groups in total. The first-order valence-electron chi connectivity index (χ1n) is 6.28. The second kappa shape index (κ2) is 5.85. The molecule has 1 aromatic rings. The van der Waals surface area contributed by atoms with Crippen LogP contribution in [0.1, 0.15) is 38.2 Å². The van der Waals surface area contributed by atoms with Gasteiger partial charge in [-0.15, -0.1) is 0 Å². The van der Waals surface area contributed by atoms with Gasteiger partial charge in [0, 0.05) is 30.9 Å². The zero-order valence-electron chi connectivity index (χ0n) is 10.0. The summed E-state index contributed by atoms with van der Waals surface area (Å²) >= 11 is 0. The molecule has 3 heteroatoms. The van der Waals surface area contributed by atoms with E-state index in [1.807, 2.05) is 10.9 Å². The summed E-state index contributed by atoms with van der Waals surface area (Å²) in [7, 11) is 0. The summed E-state index contributed by atoms with van der Waals surface area (Å²) in [6.45, 7) is 4.14. The molecule has 2 rings (SSSR count). The summed E-state index contributed by atoms with van der Waals surface area (Å²) < 4.78 is 2.03. The van der Waals surface area contributed by atoms with E-state index in [0.29, 0.717) is 6.04 Å². The molecule has 1 atom stereocenters. The molecule has 1 aromatic heterocycles. The number of aromatic nitrogens is 2. The van der Waals surface area contributed by atoms with Crippen LogP contribution in [0.3, 0.4) is 0 Å². The molecular weight excluding hydrogens is 198 g/mol. The van der Waals surface area contributed by atoms with Crippen molar-refractivity contribution in [1.82, 2.24) is 15.1 Å². The molecular formula is C13H21N3. The topological polar surface area (TPSA) is 29.9 Å². The fourth-order valence-electron chi connectivity index (χ4n) is 2.09. The van der Waals surface area contributed by atoms with Crippen LogP contribution in [0, 0.1) is 0 Å². The summed E-state index contributed by atoms with van der Waals surface area (Å²) in [6.07, 6.45) is 13.5. The van der Waals surface area contributed by atoms with E-state index in [4.69, 9.17) is 0 Å². The van der Waals surface area contributed by atoms with Crippen molar-refractivity contribution in [3.05, 3.63) is 30.1 Å². The van der Waals surface area contributed by atoms with E-state index in [9.17, 15) is 0 Å². The lowest BCUT2D eigenvalue weighted by Crippen LogP contribution is -2.28. The van der Waals surface area contributed by atoms with Gasteiger partial charge >= 0.3 is 0 Å². The van der Waals surface area contributed by atoms with Crippen molar-refractivity contribution >= 4 is 0 Å². The van der Waals surface area contributed by atoms with Crippen LogP contribution in [-0.4, -0.2) is 15.8 Å². The van der Waals surface area contributed by atoms with Crippen molar-refractivity contribution < 1.29 is 0 Å². The van der Waals surface area contributed by atoms with E-state index in [1.165, 1.54) is 24.8 Å². The van der Waals surface area contributed by atoms with E-state index < -0.39 is 0 Å². The molecule has 0 fully saturated rings. The first-order valence-corrected chi connectivity index (χ1v) is 6.28. The first-order chi connectivity index (χ1) is 7.88. The smallest absolute Gasteiger partial charge is 0.0534 e. The summed E-state index contributed by atoms with van der Waals surface area (Å²) in [5.74, 6) is 0. The van der Waals surface area contributed by atoms with Gasteiger partial charge < -0.3 is 5.32 Å². The third-order valence-electron chi connectivity index (χ3n) is 3.00. The van der Waals surface area contributed by atoms with Gasteiger partial charge in [-0.3, -0.25) is 4.68 Å². The number of hydrogen-bond acceptors (Lipinski definition) is 2. The minimum absolute atomic E-state index is 0.652. The Morgan fingerprint density at radius 3 is 3.19 bits per heavy atom. The zero-order valence-corrected chi connectivity index (χ0v) is 10.0. The van der Waals surface area contributed by atoms with Gasteiger partial charge in [0.05, 0.1) is 6.20 Å². The third-order valence-corrected chi connectivity index (χ3v) is 3.00. The van der Waals surface area contributed by atoms with Gasteiger partial charge in [-0.05, 0) is 25.7 Å². The fraction of sp³-hybridized carbons (Fsp3) is 0.615. The molecule has 3 nitrogen and oxygen atoms in total. The van der Waals surface area contributed by atoms with Crippen LogP contribution in [0.5, 0.6) is 0 Å². The largest absolute Gasteiger partial charge is 0.309 e. The first kappa shape index (κ1) is 11.4. The highest BCUT2D eigenvalue weighted by Crippen LogP contribution is 2.11. The van der Waals surface area contributed by atoms with Crippen molar-refractivity contribution in [2.45, 2.75) is 51.7 Å². The lowest BCUT2D eigenvalue weighted by atomic mass is 10.0. The molecule has 0 bridgehead atoms. The predicted octanol–water partition coefficient (Wildman–Crippen LogP) is 2.49. The van der Waals surface area contributed by atoms with Gasteiger partial charge in [0.25, 0.3) is 0 Å². The standard InChI is InChI=1S/C13H21N3/c1-2-8-16-11-12(10-15-16)9-14-13-6-4-3-5-7-13/h3-4,10-11,13-14H,2,5-9H2,1H3. The Bertz CT molecular complexity index is 341. The summed E-state index contributed by atoms with van der Waals surface area (Å²) in [5.41, 5.74) is 1.29. The maximum Gasteiger partial charge on any atom is 0.0534 e. The number of allylic oxidation sites excluding steroid dienone is 1. The molecule has 1 aliphatic rings. The van der Waals surface area contributed by atoms with Gasteiger partial charge in [-0.2, -0.15) is 5.10 Å². The Kier molecular flexibility index (Phi) is 4.17. The number of nitrogens with zero attached hydrogens (tertiary/aromatic N) is 2. The maximum absolute atomic E-state index is 4.33. The normalized spacial score (nSPS) is 20.2. The lowest BCUT2D eigenvalue weighted by molar-refractivity contribution is 0.474. The third kappa shape index (κ3) is 3.20. The van der Waals surface area contributed by atoms with Crippen LogP contribution in [0.4, 0.5) is 0 Å². The number of rotatable bonds is 5. The molecule has 1 aliphatic carbocycles. The van der Waals surface area contributed by atoms with Crippen molar-refractivity contribution in [2.75, 3.05) is 0 Å². The van der Waals surface area contributed by atoms with Crippen LogP contribution in [-0.2, 0) is 13.1 Å². The van der Waals surface area contributed by atoms with Crippen molar-refractivity contribution in [1.29, 1.82) is 0 Å². The number of nitrogens with one attached hydrogen (secondary N) is 1. The van der Waals surface area contributed by atoms with E-state index in [2.05, 4.69) is 35.7 Å². The Balaban J connectivity index is 1.77. The Hall–Kier alpha value is -1.09. The number of hydrogen-bond donors (Lipinski definition) is 1. The van der Waals surface area contributed by atoms with Crippen LogP contribution in [0.15, 0.2) is 24.5 Å². The van der Waals surface area contributed by atoms with Gasteiger partial charge in [-0.25, -0.2) is 0 Å². The quantitative estimate of drug-likeness (QED) is 0.771. The summed E-state index contributed by atoms with van der Waals surface area (Å²) in [5, 5.41) is 7.92. The van der Waals surface area contributed by atoms with Crippen LogP contribution >= 0.6 is 0 Å². The fourth-order valence-corrected chi connectivity index (χ4v) is 2.09. The molecule has 1 heterocycles. The van der Waals surface area contributed by atoms with Crippen LogP contribution in [0.25, 0.3) is 0 Å². The highest BCUT2D eigenvalue weighted by molar-refractivity contribution is 5.04. The molecule has 0 aliphatic heterocycles. The van der Waals surface area contributed by atoms with Gasteiger partial charge in [0.1, 0.15) is 0 Å². The minimum Gasteiger partial charge on any atom is -0.309 e. The highest BCUT2D eigenvalue weighted by atomic mass is 15.3. The molecule has 0 amide bonds. The Morgan fingerprint density at radius 1 is 1.50 bits per heavy atom. The number of aryl methyl sites for hydroxylation is 1. The SMILES string of the molecule is CCCn1cc(CNC2CC=CCC2)cn1. The molecule has 0 saturated carbocycles. The maximum atomic E-state index is 4.33. The molecule has 0 radical (unpaired) electrons. The molecule has 0 saturated heterocycles. The minimum atomic E-state index is 0.652. The van der Waals surface area contributed by atoms with Crippen LogP contribution in [0.2, 0.25) is 0 Å².